The molecule has 0 aliphatic rings. The molecule has 0 fully saturated rings. The topological polar surface area (TPSA) is 50.8 Å². The number of ether oxygens (including phenoxy) is 1. The molecule has 0 spiro atoms. The number of para-hydroxylation sites is 2. The van der Waals surface area contributed by atoms with Gasteiger partial charge in [-0.05, 0) is 31.5 Å². The van der Waals surface area contributed by atoms with E-state index in [0.717, 1.165) is 52.0 Å². The number of hydrogen-bond acceptors (Lipinski definition) is 4. The quantitative estimate of drug-likeness (QED) is 0.413. The number of hydrogen-bond donors (Lipinski definition) is 1. The van der Waals surface area contributed by atoms with Gasteiger partial charge in [-0.25, -0.2) is 9.97 Å². The van der Waals surface area contributed by atoms with E-state index < -0.39 is 0 Å². The van der Waals surface area contributed by atoms with E-state index in [9.17, 15) is 0 Å². The normalized spacial score (nSPS) is 10.6. The highest BCUT2D eigenvalue weighted by molar-refractivity contribution is 7.98. The Morgan fingerprint density at radius 3 is 2.80 bits per heavy atom. The third-order valence-corrected chi connectivity index (χ3v) is 5.00. The van der Waals surface area contributed by atoms with Crippen molar-refractivity contribution >= 4 is 35.2 Å². The van der Waals surface area contributed by atoms with Gasteiger partial charge in [0.2, 0.25) is 0 Å². The van der Waals surface area contributed by atoms with Crippen molar-refractivity contribution in [2.24, 2.45) is 0 Å². The van der Waals surface area contributed by atoms with Crippen molar-refractivity contribution in [3.8, 4) is 5.75 Å². The lowest BCUT2D eigenvalue weighted by Crippen LogP contribution is -2.00. The van der Waals surface area contributed by atoms with Gasteiger partial charge in [0.05, 0.1) is 23.4 Å². The number of aromatic nitrogens is 3. The first-order valence-electron chi connectivity index (χ1n) is 8.42. The predicted molar refractivity (Wildman–Crippen MR) is 107 cm³/mol. The van der Waals surface area contributed by atoms with Gasteiger partial charge in [0.1, 0.15) is 16.6 Å². The van der Waals surface area contributed by atoms with Crippen LogP contribution in [0.1, 0.15) is 37.6 Å². The van der Waals surface area contributed by atoms with Crippen molar-refractivity contribution in [1.82, 2.24) is 15.0 Å². The molecule has 1 aromatic carbocycles. The molecule has 4 nitrogen and oxygen atoms in total. The molecule has 25 heavy (non-hydrogen) atoms. The van der Waals surface area contributed by atoms with Crippen LogP contribution in [0.3, 0.4) is 0 Å². The third-order valence-electron chi connectivity index (χ3n) is 3.90. The second-order valence-electron chi connectivity index (χ2n) is 5.78. The van der Waals surface area contributed by atoms with Crippen molar-refractivity contribution in [2.75, 3.05) is 6.61 Å². The Hall–Kier alpha value is -1.72. The van der Waals surface area contributed by atoms with E-state index in [1.165, 1.54) is 12.8 Å². The number of imidazole rings is 1. The standard InChI is InChI=1S/C19H23N3OS.ClH/c1-3-4-7-12-23-17-10-11-20-19(14(17)2)24-13-18-21-15-8-5-6-9-16(15)22-18;/h5-6,8-11H,3-4,7,12-13H2,1-2H3,(H,21,22);1H. The van der Waals surface area contributed by atoms with Crippen LogP contribution in [0.15, 0.2) is 41.6 Å². The maximum absolute atomic E-state index is 5.90. The Morgan fingerprint density at radius 2 is 2.00 bits per heavy atom. The molecule has 0 radical (unpaired) electrons. The number of nitrogens with zero attached hydrogens (tertiary/aromatic N) is 2. The van der Waals surface area contributed by atoms with Crippen molar-refractivity contribution in [1.29, 1.82) is 0 Å². The average Bonchev–Trinajstić information content (AvgIpc) is 3.02. The van der Waals surface area contributed by atoms with Crippen LogP contribution in [0.5, 0.6) is 5.75 Å². The first-order chi connectivity index (χ1) is 11.8. The Labute approximate surface area is 159 Å². The number of fused-ring (bicyclic) bond motifs is 1. The fraction of sp³-hybridized carbons (Fsp3) is 0.368. The molecule has 0 saturated heterocycles. The zero-order valence-electron chi connectivity index (χ0n) is 14.6. The van der Waals surface area contributed by atoms with Gasteiger partial charge in [-0.3, -0.25) is 0 Å². The number of halogens is 1. The molecule has 6 heteroatoms. The van der Waals surface area contributed by atoms with Crippen LogP contribution in [0.25, 0.3) is 11.0 Å². The molecule has 3 rings (SSSR count). The molecule has 0 amide bonds. The number of nitrogens with one attached hydrogen (secondary N) is 1. The molecule has 0 bridgehead atoms. The fourth-order valence-corrected chi connectivity index (χ4v) is 3.41. The van der Waals surface area contributed by atoms with Crippen LogP contribution in [0.2, 0.25) is 0 Å². The highest BCUT2D eigenvalue weighted by atomic mass is 35.5. The van der Waals surface area contributed by atoms with Crippen molar-refractivity contribution in [3.63, 3.8) is 0 Å². The summed E-state index contributed by atoms with van der Waals surface area (Å²) in [6.07, 6.45) is 5.33. The van der Waals surface area contributed by atoms with Gasteiger partial charge in [0.15, 0.2) is 0 Å². The van der Waals surface area contributed by atoms with E-state index in [1.54, 1.807) is 11.8 Å². The number of benzene rings is 1. The summed E-state index contributed by atoms with van der Waals surface area (Å²) in [4.78, 5) is 12.5. The van der Waals surface area contributed by atoms with Gasteiger partial charge < -0.3 is 9.72 Å². The first-order valence-corrected chi connectivity index (χ1v) is 9.41. The maximum atomic E-state index is 5.90. The van der Waals surface area contributed by atoms with Crippen LogP contribution >= 0.6 is 24.2 Å². The van der Waals surface area contributed by atoms with E-state index >= 15 is 0 Å². The van der Waals surface area contributed by atoms with Gasteiger partial charge in [0.25, 0.3) is 0 Å². The summed E-state index contributed by atoms with van der Waals surface area (Å²) in [5.41, 5.74) is 3.19. The molecule has 0 aliphatic carbocycles. The zero-order chi connectivity index (χ0) is 16.8. The Kier molecular flexibility index (Phi) is 7.59. The van der Waals surface area contributed by atoms with E-state index in [2.05, 4.69) is 28.8 Å². The lowest BCUT2D eigenvalue weighted by Gasteiger charge is -2.11. The van der Waals surface area contributed by atoms with Crippen molar-refractivity contribution in [2.45, 2.75) is 43.9 Å². The van der Waals surface area contributed by atoms with Crippen molar-refractivity contribution in [3.05, 3.63) is 47.9 Å². The number of pyridine rings is 1. The average molecular weight is 378 g/mol. The van der Waals surface area contributed by atoms with Gasteiger partial charge in [-0.15, -0.1) is 12.4 Å². The van der Waals surface area contributed by atoms with E-state index in [1.807, 2.05) is 36.5 Å². The molecule has 0 saturated carbocycles. The van der Waals surface area contributed by atoms with E-state index in [-0.39, 0.29) is 12.4 Å². The predicted octanol–water partition coefficient (Wildman–Crippen LogP) is 5.55. The van der Waals surface area contributed by atoms with Crippen LogP contribution < -0.4 is 4.74 Å². The summed E-state index contributed by atoms with van der Waals surface area (Å²) in [6, 6.07) is 10.0. The number of thioether (sulfide) groups is 1. The van der Waals surface area contributed by atoms with Crippen LogP contribution in [-0.2, 0) is 5.75 Å². The Morgan fingerprint density at radius 1 is 1.16 bits per heavy atom. The summed E-state index contributed by atoms with van der Waals surface area (Å²) in [7, 11) is 0. The SMILES string of the molecule is CCCCCOc1ccnc(SCc2nc3ccccc3[nH]2)c1C.Cl. The lowest BCUT2D eigenvalue weighted by molar-refractivity contribution is 0.303. The number of aromatic amines is 1. The maximum Gasteiger partial charge on any atom is 0.126 e. The molecule has 2 aromatic heterocycles. The molecular weight excluding hydrogens is 354 g/mol. The minimum Gasteiger partial charge on any atom is -0.493 e. The lowest BCUT2D eigenvalue weighted by atomic mass is 10.2. The number of H-pyrrole nitrogens is 1. The molecule has 3 aromatic rings. The highest BCUT2D eigenvalue weighted by Crippen LogP contribution is 2.29. The molecular formula is C19H24ClN3OS. The molecule has 0 unspecified atom stereocenters. The number of rotatable bonds is 8. The number of unbranched alkanes of at least 4 members (excludes halogenated alkanes) is 2. The highest BCUT2D eigenvalue weighted by Gasteiger charge is 2.09. The van der Waals surface area contributed by atoms with Gasteiger partial charge >= 0.3 is 0 Å². The minimum absolute atomic E-state index is 0. The smallest absolute Gasteiger partial charge is 0.126 e. The fourth-order valence-electron chi connectivity index (χ4n) is 2.55. The summed E-state index contributed by atoms with van der Waals surface area (Å²) < 4.78 is 5.90. The van der Waals surface area contributed by atoms with Crippen LogP contribution in [-0.4, -0.2) is 21.6 Å². The van der Waals surface area contributed by atoms with E-state index in [0.29, 0.717) is 0 Å². The molecule has 1 N–H and O–H groups in total. The van der Waals surface area contributed by atoms with Crippen molar-refractivity contribution < 1.29 is 4.74 Å². The monoisotopic (exact) mass is 377 g/mol. The van der Waals surface area contributed by atoms with Gasteiger partial charge in [-0.1, -0.05) is 43.7 Å². The second kappa shape index (κ2) is 9.68. The van der Waals surface area contributed by atoms with Gasteiger partial charge in [0, 0.05) is 11.8 Å². The molecule has 2 heterocycles. The Bertz CT molecular complexity index is 773. The summed E-state index contributed by atoms with van der Waals surface area (Å²) in [5, 5.41) is 1.00. The first kappa shape index (κ1) is 19.6. The largest absolute Gasteiger partial charge is 0.493 e. The minimum atomic E-state index is 0. The third kappa shape index (κ3) is 5.13. The summed E-state index contributed by atoms with van der Waals surface area (Å²) in [6.45, 7) is 5.04. The Balaban J connectivity index is 0.00000225. The van der Waals surface area contributed by atoms with E-state index in [4.69, 9.17) is 4.74 Å². The molecule has 0 atom stereocenters. The van der Waals surface area contributed by atoms with Gasteiger partial charge in [-0.2, -0.15) is 0 Å². The second-order valence-corrected chi connectivity index (χ2v) is 6.75. The zero-order valence-corrected chi connectivity index (χ0v) is 16.3. The molecule has 134 valence electrons. The van der Waals surface area contributed by atoms with Crippen LogP contribution in [0, 0.1) is 6.92 Å². The van der Waals surface area contributed by atoms with Crippen LogP contribution in [0.4, 0.5) is 0 Å². The summed E-state index contributed by atoms with van der Waals surface area (Å²) in [5.74, 6) is 2.67. The summed E-state index contributed by atoms with van der Waals surface area (Å²) >= 11 is 1.69. The molecule has 0 aliphatic heterocycles.